The topological polar surface area (TPSA) is 17.1 Å². The zero-order chi connectivity index (χ0) is 11.8. The summed E-state index contributed by atoms with van der Waals surface area (Å²) in [6, 6.07) is 12.4. The minimum absolute atomic E-state index is 0.316. The van der Waals surface area contributed by atoms with Crippen LogP contribution in [0.5, 0.6) is 0 Å². The molecule has 0 radical (unpaired) electrons. The molecule has 1 aliphatic carbocycles. The summed E-state index contributed by atoms with van der Waals surface area (Å²) in [6.07, 6.45) is 2.85. The monoisotopic (exact) mass is 224 g/mol. The van der Waals surface area contributed by atoms with E-state index in [2.05, 4.69) is 37.3 Å². The summed E-state index contributed by atoms with van der Waals surface area (Å²) in [5.41, 5.74) is 2.21. The largest absolute Gasteiger partial charge is 0.294 e. The molecule has 2 aromatic rings. The van der Waals surface area contributed by atoms with Crippen molar-refractivity contribution in [2.24, 2.45) is 5.92 Å². The fourth-order valence-electron chi connectivity index (χ4n) is 2.79. The molecule has 0 aromatic heterocycles. The van der Waals surface area contributed by atoms with E-state index < -0.39 is 0 Å². The molecule has 1 aliphatic rings. The molecule has 2 aromatic carbocycles. The van der Waals surface area contributed by atoms with Gasteiger partial charge in [-0.25, -0.2) is 0 Å². The van der Waals surface area contributed by atoms with E-state index in [1.165, 1.54) is 16.3 Å². The van der Waals surface area contributed by atoms with Gasteiger partial charge >= 0.3 is 0 Å². The van der Waals surface area contributed by atoms with Crippen molar-refractivity contribution < 1.29 is 4.79 Å². The lowest BCUT2D eigenvalue weighted by atomic mass is 9.95. The smallest absolute Gasteiger partial charge is 0.163 e. The van der Waals surface area contributed by atoms with Crippen molar-refractivity contribution in [1.82, 2.24) is 0 Å². The zero-order valence-electron chi connectivity index (χ0n) is 10.1. The van der Waals surface area contributed by atoms with Crippen LogP contribution in [-0.4, -0.2) is 5.78 Å². The number of carbonyl (C=O) groups excluding carboxylic acids is 1. The minimum Gasteiger partial charge on any atom is -0.294 e. The highest BCUT2D eigenvalue weighted by Crippen LogP contribution is 2.30. The third-order valence-electron chi connectivity index (χ3n) is 3.76. The third-order valence-corrected chi connectivity index (χ3v) is 3.76. The van der Waals surface area contributed by atoms with E-state index >= 15 is 0 Å². The van der Waals surface area contributed by atoms with Gasteiger partial charge in [-0.2, -0.15) is 0 Å². The van der Waals surface area contributed by atoms with Crippen LogP contribution in [0.1, 0.15) is 35.7 Å². The van der Waals surface area contributed by atoms with Crippen LogP contribution in [0.25, 0.3) is 10.8 Å². The Morgan fingerprint density at radius 3 is 2.82 bits per heavy atom. The Balaban J connectivity index is 2.26. The van der Waals surface area contributed by atoms with Gasteiger partial charge in [-0.3, -0.25) is 4.79 Å². The number of aryl methyl sites for hydroxylation is 1. The molecule has 3 rings (SSSR count). The number of hydrogen-bond acceptors (Lipinski definition) is 1. The molecule has 0 heterocycles. The first-order valence-corrected chi connectivity index (χ1v) is 6.29. The normalized spacial score (nSPS) is 20.1. The molecule has 0 saturated carbocycles. The van der Waals surface area contributed by atoms with E-state index in [0.717, 1.165) is 18.4 Å². The summed E-state index contributed by atoms with van der Waals surface area (Å²) in [5, 5.41) is 2.50. The number of carbonyl (C=O) groups is 1. The second-order valence-corrected chi connectivity index (χ2v) is 5.08. The maximum atomic E-state index is 12.2. The van der Waals surface area contributed by atoms with E-state index in [4.69, 9.17) is 0 Å². The predicted molar refractivity (Wildman–Crippen MR) is 70.4 cm³/mol. The van der Waals surface area contributed by atoms with Gasteiger partial charge in [0.1, 0.15) is 0 Å². The van der Waals surface area contributed by atoms with Crippen LogP contribution in [-0.2, 0) is 6.42 Å². The Bertz CT molecular complexity index is 583. The number of fused-ring (bicyclic) bond motifs is 3. The number of rotatable bonds is 0. The fraction of sp³-hybridized carbons (Fsp3) is 0.312. The Labute approximate surface area is 101 Å². The molecule has 1 nitrogen and oxygen atoms in total. The van der Waals surface area contributed by atoms with E-state index in [-0.39, 0.29) is 0 Å². The van der Waals surface area contributed by atoms with Crippen molar-refractivity contribution in [3.8, 4) is 0 Å². The maximum absolute atomic E-state index is 12.2. The van der Waals surface area contributed by atoms with Crippen LogP contribution in [0.15, 0.2) is 36.4 Å². The first kappa shape index (κ1) is 10.5. The summed E-state index contributed by atoms with van der Waals surface area (Å²) in [7, 11) is 0. The molecule has 17 heavy (non-hydrogen) atoms. The predicted octanol–water partition coefficient (Wildman–Crippen LogP) is 3.99. The Hall–Kier alpha value is -1.63. The molecule has 0 aliphatic heterocycles. The van der Waals surface area contributed by atoms with Crippen molar-refractivity contribution in [3.63, 3.8) is 0 Å². The molecule has 0 spiro atoms. The van der Waals surface area contributed by atoms with Gasteiger partial charge in [0.05, 0.1) is 0 Å². The Morgan fingerprint density at radius 1 is 1.12 bits per heavy atom. The number of ketones is 1. The van der Waals surface area contributed by atoms with Crippen LogP contribution in [0.3, 0.4) is 0 Å². The van der Waals surface area contributed by atoms with E-state index in [1.807, 2.05) is 6.07 Å². The molecular weight excluding hydrogens is 208 g/mol. The number of benzene rings is 2. The highest BCUT2D eigenvalue weighted by molar-refractivity contribution is 6.03. The summed E-state index contributed by atoms with van der Waals surface area (Å²) >= 11 is 0. The molecule has 1 unspecified atom stereocenters. The van der Waals surface area contributed by atoms with Crippen LogP contribution in [0, 0.1) is 5.92 Å². The van der Waals surface area contributed by atoms with Crippen molar-refractivity contribution in [1.29, 1.82) is 0 Å². The van der Waals surface area contributed by atoms with Gasteiger partial charge in [0.2, 0.25) is 0 Å². The fourth-order valence-corrected chi connectivity index (χ4v) is 2.79. The van der Waals surface area contributed by atoms with E-state index in [9.17, 15) is 4.79 Å². The van der Waals surface area contributed by atoms with Crippen molar-refractivity contribution >= 4 is 16.6 Å². The minimum atomic E-state index is 0.316. The van der Waals surface area contributed by atoms with Crippen molar-refractivity contribution in [2.45, 2.75) is 26.2 Å². The average molecular weight is 224 g/mol. The average Bonchev–Trinajstić information content (AvgIpc) is 2.49. The van der Waals surface area contributed by atoms with Crippen molar-refractivity contribution in [2.75, 3.05) is 0 Å². The van der Waals surface area contributed by atoms with Gasteiger partial charge in [-0.15, -0.1) is 0 Å². The lowest BCUT2D eigenvalue weighted by Gasteiger charge is -2.08. The molecular formula is C16H16O. The van der Waals surface area contributed by atoms with Crippen LogP contribution in [0.2, 0.25) is 0 Å². The lowest BCUT2D eigenvalue weighted by molar-refractivity contribution is 0.0967. The van der Waals surface area contributed by atoms with Crippen LogP contribution < -0.4 is 0 Å². The molecule has 1 heteroatoms. The number of hydrogen-bond donors (Lipinski definition) is 0. The molecule has 0 saturated heterocycles. The molecule has 0 N–H and O–H groups in total. The number of Topliss-reactive ketones (excluding diaryl/α,β-unsaturated/α-hetero) is 1. The first-order valence-electron chi connectivity index (χ1n) is 6.29. The van der Waals surface area contributed by atoms with Gasteiger partial charge < -0.3 is 0 Å². The summed E-state index contributed by atoms with van der Waals surface area (Å²) < 4.78 is 0. The van der Waals surface area contributed by atoms with Gasteiger partial charge in [0.15, 0.2) is 5.78 Å². The Morgan fingerprint density at radius 2 is 1.94 bits per heavy atom. The highest BCUT2D eigenvalue weighted by Gasteiger charge is 2.20. The summed E-state index contributed by atoms with van der Waals surface area (Å²) in [6.45, 7) is 2.17. The SMILES string of the molecule is CC1CCc2c(ccc3ccccc23)C(=O)C1. The molecule has 0 amide bonds. The molecule has 86 valence electrons. The van der Waals surface area contributed by atoms with E-state index in [1.54, 1.807) is 0 Å². The quantitative estimate of drug-likeness (QED) is 0.618. The molecule has 0 fully saturated rings. The molecule has 0 bridgehead atoms. The van der Waals surface area contributed by atoms with Gasteiger partial charge in [-0.05, 0) is 35.1 Å². The molecule has 1 atom stereocenters. The Kier molecular flexibility index (Phi) is 2.47. The van der Waals surface area contributed by atoms with Crippen LogP contribution in [0.4, 0.5) is 0 Å². The standard InChI is InChI=1S/C16H16O/c1-11-6-8-14-13-5-3-2-4-12(13)7-9-15(14)16(17)10-11/h2-5,7,9,11H,6,8,10H2,1H3. The van der Waals surface area contributed by atoms with Gasteiger partial charge in [-0.1, -0.05) is 43.3 Å². The maximum Gasteiger partial charge on any atom is 0.163 e. The summed E-state index contributed by atoms with van der Waals surface area (Å²) in [4.78, 5) is 12.2. The van der Waals surface area contributed by atoms with Gasteiger partial charge in [0, 0.05) is 12.0 Å². The van der Waals surface area contributed by atoms with E-state index in [0.29, 0.717) is 18.1 Å². The zero-order valence-corrected chi connectivity index (χ0v) is 10.1. The lowest BCUT2D eigenvalue weighted by Crippen LogP contribution is -2.03. The van der Waals surface area contributed by atoms with Crippen molar-refractivity contribution in [3.05, 3.63) is 47.5 Å². The van der Waals surface area contributed by atoms with Gasteiger partial charge in [0.25, 0.3) is 0 Å². The second-order valence-electron chi connectivity index (χ2n) is 5.08. The summed E-state index contributed by atoms with van der Waals surface area (Å²) in [5.74, 6) is 0.824. The highest BCUT2D eigenvalue weighted by atomic mass is 16.1. The second kappa shape index (κ2) is 3.99. The third kappa shape index (κ3) is 1.76. The van der Waals surface area contributed by atoms with Crippen LogP contribution >= 0.6 is 0 Å². The first-order chi connectivity index (χ1) is 8.25.